The molecule has 1 aliphatic heterocycles. The number of aliphatic hydroxyl groups is 2. The van der Waals surface area contributed by atoms with E-state index >= 15 is 0 Å². The molecular formula is C21H21FeN6O12P+2. The van der Waals surface area contributed by atoms with Crippen LogP contribution in [0.25, 0.3) is 11.2 Å². The monoisotopic (exact) mass is 636 g/mol. The first-order valence-corrected chi connectivity index (χ1v) is 12.3. The molecule has 0 bridgehead atoms. The van der Waals surface area contributed by atoms with Crippen molar-refractivity contribution in [3.05, 3.63) is 57.2 Å². The maximum atomic E-state index is 12.6. The van der Waals surface area contributed by atoms with Crippen LogP contribution in [0.2, 0.25) is 0 Å². The van der Waals surface area contributed by atoms with Crippen molar-refractivity contribution in [3.63, 3.8) is 0 Å². The van der Waals surface area contributed by atoms with E-state index in [4.69, 9.17) is 28.8 Å². The van der Waals surface area contributed by atoms with Crippen LogP contribution in [-0.4, -0.2) is 65.8 Å². The van der Waals surface area contributed by atoms with E-state index in [1.807, 2.05) is 0 Å². The average molecular weight is 636 g/mol. The first kappa shape index (κ1) is 35.6. The van der Waals surface area contributed by atoms with Gasteiger partial charge in [0, 0.05) is 5.56 Å². The number of hydrogen-bond acceptors (Lipinski definition) is 12. The number of ether oxygens (including phenoxy) is 1. The largest absolute Gasteiger partial charge is 4.00 e. The van der Waals surface area contributed by atoms with Gasteiger partial charge in [-0.3, -0.25) is 30.0 Å². The Kier molecular flexibility index (Phi) is 13.0. The molecule has 0 aromatic carbocycles. The number of rotatable bonds is 8. The maximum Gasteiger partial charge on any atom is 4.00 e. The average Bonchev–Trinajstić information content (AvgIpc) is 3.47. The van der Waals surface area contributed by atoms with E-state index in [9.17, 15) is 34.1 Å². The number of phosphoric ester groups is 1. The van der Waals surface area contributed by atoms with Gasteiger partial charge in [-0.15, -0.1) is 6.42 Å². The SMILES string of the molecule is Cc1c(C[C-]=O)[n-]c(=O)c(C)c1OP(=O)(O)OC[C@H]1O[C@@H](n2cnc3c(=O)[nH]c(N)nc32)[C@H](O)[C@@H]1O.[C-]#[O+].[C-]#[O+].[Fe+4]. The van der Waals surface area contributed by atoms with Crippen LogP contribution in [0.3, 0.4) is 0 Å². The second-order valence-electron chi connectivity index (χ2n) is 7.94. The van der Waals surface area contributed by atoms with Crippen molar-refractivity contribution in [2.24, 2.45) is 0 Å². The molecule has 0 aliphatic carbocycles. The van der Waals surface area contributed by atoms with Gasteiger partial charge in [-0.05, 0) is 19.4 Å². The van der Waals surface area contributed by atoms with Crippen molar-refractivity contribution in [3.8, 4) is 5.75 Å². The van der Waals surface area contributed by atoms with Crippen LogP contribution in [-0.2, 0) is 51.4 Å². The molecular weight excluding hydrogens is 615 g/mol. The Balaban J connectivity index is 0.00000161. The summed E-state index contributed by atoms with van der Waals surface area (Å²) in [6, 6.07) is 0. The zero-order valence-electron chi connectivity index (χ0n) is 21.0. The molecule has 4 heterocycles. The molecule has 20 heteroatoms. The molecule has 1 fully saturated rings. The number of H-pyrrole nitrogens is 1. The number of nitrogens with two attached hydrogens (primary N) is 1. The number of nitrogen functional groups attached to an aromatic ring is 1. The minimum Gasteiger partial charge on any atom is 4.00 e. The number of imidazole rings is 1. The summed E-state index contributed by atoms with van der Waals surface area (Å²) in [5.74, 6) is -0.492. The summed E-state index contributed by atoms with van der Waals surface area (Å²) in [5, 5.41) is 20.9. The Morgan fingerprint density at radius 1 is 1.24 bits per heavy atom. The van der Waals surface area contributed by atoms with Gasteiger partial charge in [0.05, 0.1) is 18.5 Å². The molecule has 218 valence electrons. The zero-order valence-corrected chi connectivity index (χ0v) is 23.0. The fourth-order valence-corrected chi connectivity index (χ4v) is 4.61. The van der Waals surface area contributed by atoms with E-state index in [0.717, 1.165) is 6.33 Å². The van der Waals surface area contributed by atoms with Gasteiger partial charge in [-0.25, -0.2) is 9.55 Å². The molecule has 0 spiro atoms. The molecule has 3 aromatic heterocycles. The summed E-state index contributed by atoms with van der Waals surface area (Å²) in [6.45, 7) is 11.0. The van der Waals surface area contributed by atoms with Gasteiger partial charge in [-0.1, -0.05) is 0 Å². The normalized spacial score (nSPS) is 20.8. The molecule has 1 saturated heterocycles. The summed E-state index contributed by atoms with van der Waals surface area (Å²) in [5.41, 5.74) is 4.18. The van der Waals surface area contributed by atoms with Crippen molar-refractivity contribution in [2.75, 3.05) is 12.3 Å². The third-order valence-corrected chi connectivity index (χ3v) is 6.47. The summed E-state index contributed by atoms with van der Waals surface area (Å²) < 4.78 is 44.4. The molecule has 41 heavy (non-hydrogen) atoms. The van der Waals surface area contributed by atoms with E-state index < -0.39 is 50.1 Å². The van der Waals surface area contributed by atoms with Crippen LogP contribution in [0, 0.1) is 27.1 Å². The van der Waals surface area contributed by atoms with Gasteiger partial charge in [0.15, 0.2) is 17.4 Å². The van der Waals surface area contributed by atoms with Gasteiger partial charge in [0.1, 0.15) is 24.1 Å². The Morgan fingerprint density at radius 3 is 2.49 bits per heavy atom. The van der Waals surface area contributed by atoms with Gasteiger partial charge in [-0.2, -0.15) is 10.7 Å². The summed E-state index contributed by atoms with van der Waals surface area (Å²) >= 11 is 0. The minimum absolute atomic E-state index is 0. The molecule has 1 unspecified atom stereocenters. The number of aromatic nitrogens is 5. The Morgan fingerprint density at radius 2 is 1.88 bits per heavy atom. The smallest absolute Gasteiger partial charge is 4.00 e. The van der Waals surface area contributed by atoms with Gasteiger partial charge in [0.2, 0.25) is 5.95 Å². The number of fused-ring (bicyclic) bond motifs is 1. The quantitative estimate of drug-likeness (QED) is 0.0776. The van der Waals surface area contributed by atoms with Crippen LogP contribution in [0.15, 0.2) is 15.9 Å². The molecule has 0 radical (unpaired) electrons. The standard InChI is InChI=1S/C19H22N6O10P.2CO.Fe/c1-7-9(3-4-26)22-16(29)8(2)14(7)35-36(31,32)33-5-10-12(27)13(28)18(34-10)25-6-21-11-15(25)23-19(20)24-17(11)30;2*1-2;/h6,10,12-13,18,27-28H,3,5H2,1-2H3,(H5,20,22,23,24,29,30,31,32);;;/q-1;;;+4/p-1/t10-,12-,13-,18-;;;/m1.../s1. The van der Waals surface area contributed by atoms with Crippen molar-refractivity contribution in [1.82, 2.24) is 24.5 Å². The van der Waals surface area contributed by atoms with Gasteiger partial charge >= 0.3 is 47.5 Å². The van der Waals surface area contributed by atoms with Crippen LogP contribution < -0.4 is 26.4 Å². The first-order chi connectivity index (χ1) is 18.9. The van der Waals surface area contributed by atoms with Crippen LogP contribution >= 0.6 is 7.82 Å². The molecule has 6 N–H and O–H groups in total. The minimum atomic E-state index is -4.89. The number of nitrogens with zero attached hydrogens (tertiary/aromatic N) is 4. The van der Waals surface area contributed by atoms with Crippen molar-refractivity contribution >= 4 is 31.2 Å². The summed E-state index contributed by atoms with van der Waals surface area (Å²) in [6.07, 6.45) is -3.34. The predicted molar refractivity (Wildman–Crippen MR) is 128 cm³/mol. The maximum absolute atomic E-state index is 12.6. The van der Waals surface area contributed by atoms with E-state index in [-0.39, 0.29) is 63.2 Å². The molecule has 3 aromatic rings. The molecule has 5 atom stereocenters. The fraction of sp³-hybridized carbons (Fsp3) is 0.381. The van der Waals surface area contributed by atoms with E-state index in [2.05, 4.69) is 33.2 Å². The molecule has 4 rings (SSSR count). The number of nitrogens with one attached hydrogen (secondary N) is 1. The number of pyridine rings is 1. The third-order valence-electron chi connectivity index (χ3n) is 5.58. The molecule has 1 aliphatic rings. The number of carbonyl (C=O) groups excluding carboxylic acids is 1. The van der Waals surface area contributed by atoms with E-state index in [1.165, 1.54) is 18.4 Å². The van der Waals surface area contributed by atoms with Crippen molar-refractivity contribution in [1.29, 1.82) is 0 Å². The second kappa shape index (κ2) is 15.0. The summed E-state index contributed by atoms with van der Waals surface area (Å²) in [7, 11) is -4.89. The van der Waals surface area contributed by atoms with Crippen molar-refractivity contribution in [2.45, 2.75) is 44.8 Å². The van der Waals surface area contributed by atoms with Gasteiger partial charge in [0.25, 0.3) is 5.56 Å². The number of hydrogen-bond donors (Lipinski definition) is 5. The number of phosphoric acid groups is 1. The number of anilines is 1. The summed E-state index contributed by atoms with van der Waals surface area (Å²) in [4.78, 5) is 58.8. The zero-order chi connectivity index (χ0) is 30.4. The van der Waals surface area contributed by atoms with Crippen molar-refractivity contribution < 1.29 is 64.6 Å². The fourth-order valence-electron chi connectivity index (χ4n) is 3.71. The molecule has 18 nitrogen and oxygen atoms in total. The third kappa shape index (κ3) is 7.67. The number of aliphatic hydroxyl groups excluding tert-OH is 2. The van der Waals surface area contributed by atoms with E-state index in [0.29, 0.717) is 0 Å². The first-order valence-electron chi connectivity index (χ1n) is 10.8. The Hall–Kier alpha value is -3.40. The number of aromatic amines is 1. The van der Waals surface area contributed by atoms with E-state index in [1.54, 1.807) is 6.29 Å². The topological polar surface area (TPSA) is 283 Å². The molecule has 0 amide bonds. The molecule has 0 saturated carbocycles. The van der Waals surface area contributed by atoms with Crippen LogP contribution in [0.1, 0.15) is 23.0 Å². The Bertz CT molecular complexity index is 1580. The van der Waals surface area contributed by atoms with Gasteiger partial charge < -0.3 is 39.8 Å². The van der Waals surface area contributed by atoms with Crippen LogP contribution in [0.5, 0.6) is 5.75 Å². The second-order valence-corrected chi connectivity index (χ2v) is 9.32. The Labute approximate surface area is 240 Å². The predicted octanol–water partition coefficient (Wildman–Crippen LogP) is -1.97. The van der Waals surface area contributed by atoms with Crippen LogP contribution in [0.4, 0.5) is 5.95 Å².